The number of nitrogens with one attached hydrogen (secondary N) is 1. The summed E-state index contributed by atoms with van der Waals surface area (Å²) >= 11 is 6.95. The molecule has 36 heavy (non-hydrogen) atoms. The number of hydrogen-bond acceptors (Lipinski definition) is 4. The Labute approximate surface area is 224 Å². The van der Waals surface area contributed by atoms with Crippen LogP contribution in [0.2, 0.25) is 0 Å². The molecule has 0 unspecified atom stereocenters. The summed E-state index contributed by atoms with van der Waals surface area (Å²) < 4.78 is 7.07. The summed E-state index contributed by atoms with van der Waals surface area (Å²) in [5.41, 5.74) is 2.33. The lowest BCUT2D eigenvalue weighted by atomic mass is 10.0. The minimum atomic E-state index is -1.16. The number of halogens is 2. The molecule has 0 bridgehead atoms. The summed E-state index contributed by atoms with van der Waals surface area (Å²) in [4.78, 5) is 25.5. The van der Waals surface area contributed by atoms with Gasteiger partial charge in [0, 0.05) is 16.9 Å². The molecule has 0 saturated carbocycles. The normalized spacial score (nSPS) is 10.5. The van der Waals surface area contributed by atoms with Crippen molar-refractivity contribution in [3.05, 3.63) is 99.9 Å². The summed E-state index contributed by atoms with van der Waals surface area (Å²) in [6, 6.07) is 25.7. The van der Waals surface area contributed by atoms with Gasteiger partial charge in [-0.05, 0) is 79.9 Å². The molecule has 4 aromatic carbocycles. The van der Waals surface area contributed by atoms with Gasteiger partial charge in [0.05, 0.1) is 8.95 Å². The van der Waals surface area contributed by atoms with Crippen molar-refractivity contribution in [2.24, 2.45) is 0 Å². The van der Waals surface area contributed by atoms with Crippen LogP contribution in [0.3, 0.4) is 0 Å². The molecule has 4 rings (SSSR count). The summed E-state index contributed by atoms with van der Waals surface area (Å²) in [7, 11) is 0. The molecule has 0 radical (unpaired) electrons. The van der Waals surface area contributed by atoms with Crippen LogP contribution < -0.4 is 15.0 Å². The van der Waals surface area contributed by atoms with Gasteiger partial charge in [-0.1, -0.05) is 48.5 Å². The first-order chi connectivity index (χ1) is 17.3. The number of ether oxygens (including phenoxy) is 1. The second-order valence-electron chi connectivity index (χ2n) is 7.66. The van der Waals surface area contributed by atoms with Crippen molar-refractivity contribution in [1.82, 2.24) is 0 Å². The highest BCUT2D eigenvalue weighted by molar-refractivity contribution is 9.11. The number of benzene rings is 4. The van der Waals surface area contributed by atoms with Gasteiger partial charge in [0.2, 0.25) is 0 Å². The maximum Gasteiger partial charge on any atom is 0.326 e. The molecule has 0 spiro atoms. The molecule has 0 heterocycles. The van der Waals surface area contributed by atoms with Crippen molar-refractivity contribution in [1.29, 1.82) is 0 Å². The molecule has 0 aliphatic carbocycles. The summed E-state index contributed by atoms with van der Waals surface area (Å²) in [6.45, 7) is -0.545. The van der Waals surface area contributed by atoms with E-state index in [9.17, 15) is 19.8 Å². The average Bonchev–Trinajstić information content (AvgIpc) is 2.86. The third-order valence-electron chi connectivity index (χ3n) is 5.13. The lowest BCUT2D eigenvalue weighted by Crippen LogP contribution is -2.39. The van der Waals surface area contributed by atoms with Crippen LogP contribution in [0.5, 0.6) is 17.2 Å². The Bertz CT molecular complexity index is 1380. The highest BCUT2D eigenvalue weighted by atomic mass is 79.9. The maximum atomic E-state index is 12.9. The number of hydrogen-bond donors (Lipinski definition) is 3. The van der Waals surface area contributed by atoms with E-state index in [0.29, 0.717) is 37.4 Å². The van der Waals surface area contributed by atoms with Crippen molar-refractivity contribution >= 4 is 55.2 Å². The number of carbonyl (C=O) groups excluding carboxylic acids is 1. The first kappa shape index (κ1) is 25.3. The minimum Gasteiger partial charge on any atom is -0.507 e. The van der Waals surface area contributed by atoms with E-state index in [-0.39, 0.29) is 5.75 Å². The molecular weight excluding hydrogens is 592 g/mol. The monoisotopic (exact) mass is 610 g/mol. The summed E-state index contributed by atoms with van der Waals surface area (Å²) in [6.07, 6.45) is 0. The number of amides is 2. The number of anilines is 2. The van der Waals surface area contributed by atoms with Crippen LogP contribution in [0.15, 0.2) is 99.9 Å². The standard InChI is InChI=1S/C27H20Br2N2O5/c28-22-13-19(31(16-25(33)34)27(35)30-18-9-5-2-6-10-18)14-23(29)26(22)36-20-11-12-24(32)21(15-20)17-7-3-1-4-8-17/h1-15,32H,16H2,(H,30,35)(H,33,34). The van der Waals surface area contributed by atoms with E-state index in [1.165, 1.54) is 0 Å². The van der Waals surface area contributed by atoms with Gasteiger partial charge >= 0.3 is 12.0 Å². The average molecular weight is 612 g/mol. The predicted molar refractivity (Wildman–Crippen MR) is 146 cm³/mol. The van der Waals surface area contributed by atoms with Crippen molar-refractivity contribution < 1.29 is 24.5 Å². The molecule has 182 valence electrons. The van der Waals surface area contributed by atoms with Crippen LogP contribution in [0.25, 0.3) is 11.1 Å². The molecule has 0 aromatic heterocycles. The van der Waals surface area contributed by atoms with E-state index in [1.54, 1.807) is 54.6 Å². The molecule has 7 nitrogen and oxygen atoms in total. The fourth-order valence-electron chi connectivity index (χ4n) is 3.47. The molecule has 0 atom stereocenters. The highest BCUT2D eigenvalue weighted by Gasteiger charge is 2.22. The second kappa shape index (κ2) is 11.3. The Morgan fingerprint density at radius 1 is 0.861 bits per heavy atom. The third kappa shape index (κ3) is 6.05. The zero-order valence-electron chi connectivity index (χ0n) is 18.7. The molecule has 2 amide bonds. The zero-order chi connectivity index (χ0) is 25.7. The second-order valence-corrected chi connectivity index (χ2v) is 9.37. The van der Waals surface area contributed by atoms with Gasteiger partial charge in [-0.3, -0.25) is 9.69 Å². The van der Waals surface area contributed by atoms with E-state index in [2.05, 4.69) is 37.2 Å². The number of para-hydroxylation sites is 1. The number of urea groups is 1. The smallest absolute Gasteiger partial charge is 0.326 e. The van der Waals surface area contributed by atoms with E-state index in [0.717, 1.165) is 10.5 Å². The SMILES string of the molecule is O=C(O)CN(C(=O)Nc1ccccc1)c1cc(Br)c(Oc2ccc(O)c(-c3ccccc3)c2)c(Br)c1. The summed E-state index contributed by atoms with van der Waals surface area (Å²) in [5, 5.41) is 22.4. The number of phenols is 1. The van der Waals surface area contributed by atoms with Gasteiger partial charge in [-0.25, -0.2) is 4.79 Å². The highest BCUT2D eigenvalue weighted by Crippen LogP contribution is 2.42. The van der Waals surface area contributed by atoms with Crippen LogP contribution >= 0.6 is 31.9 Å². The third-order valence-corrected chi connectivity index (χ3v) is 6.31. The number of carbonyl (C=O) groups is 2. The van der Waals surface area contributed by atoms with Crippen LogP contribution in [0.4, 0.5) is 16.2 Å². The van der Waals surface area contributed by atoms with Gasteiger partial charge in [-0.15, -0.1) is 0 Å². The van der Waals surface area contributed by atoms with Gasteiger partial charge in [-0.2, -0.15) is 0 Å². The number of carboxylic acid groups (broad SMARTS) is 1. The van der Waals surface area contributed by atoms with Crippen molar-refractivity contribution in [3.8, 4) is 28.4 Å². The Kier molecular flexibility index (Phi) is 7.92. The van der Waals surface area contributed by atoms with Crippen molar-refractivity contribution in [2.75, 3.05) is 16.8 Å². The Balaban J connectivity index is 1.62. The van der Waals surface area contributed by atoms with Crippen molar-refractivity contribution in [3.63, 3.8) is 0 Å². The van der Waals surface area contributed by atoms with Gasteiger partial charge in [0.1, 0.15) is 18.0 Å². The van der Waals surface area contributed by atoms with E-state index in [1.807, 2.05) is 36.4 Å². The number of carboxylic acids is 1. The van der Waals surface area contributed by atoms with E-state index in [4.69, 9.17) is 4.74 Å². The first-order valence-corrected chi connectivity index (χ1v) is 12.3. The lowest BCUT2D eigenvalue weighted by molar-refractivity contribution is -0.135. The predicted octanol–water partition coefficient (Wildman–Crippen LogP) is 7.50. The Morgan fingerprint density at radius 3 is 2.08 bits per heavy atom. The lowest BCUT2D eigenvalue weighted by Gasteiger charge is -2.23. The van der Waals surface area contributed by atoms with Gasteiger partial charge < -0.3 is 20.3 Å². The topological polar surface area (TPSA) is 99.1 Å². The largest absolute Gasteiger partial charge is 0.507 e. The molecule has 0 fully saturated rings. The first-order valence-electron chi connectivity index (χ1n) is 10.7. The van der Waals surface area contributed by atoms with Gasteiger partial charge in [0.15, 0.2) is 5.75 Å². The molecule has 0 aliphatic rings. The van der Waals surface area contributed by atoms with Crippen LogP contribution in [0.1, 0.15) is 0 Å². The fourth-order valence-corrected chi connectivity index (χ4v) is 4.80. The number of aromatic hydroxyl groups is 1. The molecule has 3 N–H and O–H groups in total. The van der Waals surface area contributed by atoms with Crippen molar-refractivity contribution in [2.45, 2.75) is 0 Å². The number of aliphatic carboxylic acids is 1. The minimum absolute atomic E-state index is 0.121. The summed E-state index contributed by atoms with van der Waals surface area (Å²) in [5.74, 6) is -0.147. The quantitative estimate of drug-likeness (QED) is 0.201. The van der Waals surface area contributed by atoms with Gasteiger partial charge in [0.25, 0.3) is 0 Å². The molecule has 0 aliphatic heterocycles. The van der Waals surface area contributed by atoms with Crippen LogP contribution in [-0.2, 0) is 4.79 Å². The molecule has 0 saturated heterocycles. The molecular formula is C27H20Br2N2O5. The molecule has 4 aromatic rings. The Hall–Kier alpha value is -3.82. The Morgan fingerprint density at radius 2 is 1.47 bits per heavy atom. The number of phenolic OH excluding ortho intramolecular Hbond substituents is 1. The fraction of sp³-hybridized carbons (Fsp3) is 0.0370. The maximum absolute atomic E-state index is 12.9. The van der Waals surface area contributed by atoms with Crippen LogP contribution in [0, 0.1) is 0 Å². The van der Waals surface area contributed by atoms with E-state index < -0.39 is 18.5 Å². The number of nitrogens with zero attached hydrogens (tertiary/aromatic N) is 1. The number of rotatable bonds is 7. The van der Waals surface area contributed by atoms with Crippen LogP contribution in [-0.4, -0.2) is 28.8 Å². The van der Waals surface area contributed by atoms with E-state index >= 15 is 0 Å². The zero-order valence-corrected chi connectivity index (χ0v) is 21.9. The molecule has 9 heteroatoms.